The van der Waals surface area contributed by atoms with Gasteiger partial charge in [0.05, 0.1) is 0 Å². The minimum atomic E-state index is 0.225. The van der Waals surface area contributed by atoms with Gasteiger partial charge >= 0.3 is 0 Å². The van der Waals surface area contributed by atoms with Gasteiger partial charge in [0.1, 0.15) is 0 Å². The first kappa shape index (κ1) is 9.94. The molecule has 0 spiro atoms. The first-order chi connectivity index (χ1) is 6.77. The second kappa shape index (κ2) is 3.87. The summed E-state index contributed by atoms with van der Waals surface area (Å²) in [6.07, 6.45) is 1.16. The van der Waals surface area contributed by atoms with Gasteiger partial charge in [-0.25, -0.2) is 0 Å². The fourth-order valence-electron chi connectivity index (χ4n) is 1.65. The van der Waals surface area contributed by atoms with Crippen molar-refractivity contribution in [1.82, 2.24) is 0 Å². The predicted molar refractivity (Wildman–Crippen MR) is 65.4 cm³/mol. The lowest BCUT2D eigenvalue weighted by molar-refractivity contribution is 0.573. The maximum absolute atomic E-state index is 2.34. The van der Waals surface area contributed by atoms with Crippen molar-refractivity contribution in [2.45, 2.75) is 25.7 Å². The highest BCUT2D eigenvalue weighted by atomic mass is 32.1. The molecule has 0 saturated carbocycles. The van der Waals surface area contributed by atoms with Gasteiger partial charge in [-0.15, -0.1) is 22.7 Å². The van der Waals surface area contributed by atoms with Gasteiger partial charge in [0.15, 0.2) is 0 Å². The molecule has 2 aromatic rings. The monoisotopic (exact) mass is 222 g/mol. The molecule has 0 aliphatic heterocycles. The van der Waals surface area contributed by atoms with Crippen LogP contribution in [0.4, 0.5) is 0 Å². The van der Waals surface area contributed by atoms with Gasteiger partial charge < -0.3 is 0 Å². The summed E-state index contributed by atoms with van der Waals surface area (Å²) in [5, 5.41) is 4.33. The number of hydrogen-bond donors (Lipinski definition) is 0. The molecular formula is C12H14S2. The molecule has 0 aliphatic rings. The second-order valence-corrected chi connectivity index (χ2v) is 5.54. The average Bonchev–Trinajstić information content (AvgIpc) is 2.88. The third kappa shape index (κ3) is 1.53. The molecule has 2 rings (SSSR count). The van der Waals surface area contributed by atoms with Crippen molar-refractivity contribution < 1.29 is 0 Å². The van der Waals surface area contributed by atoms with Gasteiger partial charge in [0.2, 0.25) is 0 Å². The maximum atomic E-state index is 2.34. The molecule has 2 aromatic heterocycles. The molecule has 0 nitrogen and oxygen atoms in total. The van der Waals surface area contributed by atoms with Crippen LogP contribution in [-0.2, 0) is 5.41 Å². The molecule has 0 aromatic carbocycles. The molecule has 74 valence electrons. The minimum Gasteiger partial charge on any atom is -0.148 e. The van der Waals surface area contributed by atoms with Crippen LogP contribution in [0, 0.1) is 0 Å². The van der Waals surface area contributed by atoms with Gasteiger partial charge in [0.25, 0.3) is 0 Å². The Labute approximate surface area is 93.2 Å². The van der Waals surface area contributed by atoms with Crippen LogP contribution in [-0.4, -0.2) is 0 Å². The number of rotatable bonds is 3. The highest BCUT2D eigenvalue weighted by Gasteiger charge is 2.28. The Balaban J connectivity index is 2.45. The summed E-state index contributed by atoms with van der Waals surface area (Å²) in [6, 6.07) is 8.77. The van der Waals surface area contributed by atoms with Crippen molar-refractivity contribution in [3.05, 3.63) is 44.8 Å². The zero-order chi connectivity index (χ0) is 10.0. The normalized spacial score (nSPS) is 11.9. The van der Waals surface area contributed by atoms with Crippen LogP contribution in [0.25, 0.3) is 0 Å². The van der Waals surface area contributed by atoms with E-state index in [1.54, 1.807) is 0 Å². The van der Waals surface area contributed by atoms with Crippen LogP contribution in [0.2, 0.25) is 0 Å². The molecule has 0 fully saturated rings. The molecule has 14 heavy (non-hydrogen) atoms. The third-order valence-electron chi connectivity index (χ3n) is 2.84. The van der Waals surface area contributed by atoms with Crippen molar-refractivity contribution in [1.29, 1.82) is 0 Å². The Morgan fingerprint density at radius 1 is 1.07 bits per heavy atom. The van der Waals surface area contributed by atoms with E-state index in [1.807, 2.05) is 22.7 Å². The summed E-state index contributed by atoms with van der Waals surface area (Å²) in [7, 11) is 0. The van der Waals surface area contributed by atoms with Crippen molar-refractivity contribution in [3.63, 3.8) is 0 Å². The predicted octanol–water partition coefficient (Wildman–Crippen LogP) is 4.53. The zero-order valence-corrected chi connectivity index (χ0v) is 10.1. The Morgan fingerprint density at radius 3 is 1.86 bits per heavy atom. The van der Waals surface area contributed by atoms with Gasteiger partial charge in [0, 0.05) is 15.2 Å². The molecule has 0 amide bonds. The van der Waals surface area contributed by atoms with Gasteiger partial charge in [-0.3, -0.25) is 0 Å². The first-order valence-electron chi connectivity index (χ1n) is 4.85. The van der Waals surface area contributed by atoms with E-state index in [9.17, 15) is 0 Å². The summed E-state index contributed by atoms with van der Waals surface area (Å²) in [5.41, 5.74) is 0.225. The van der Waals surface area contributed by atoms with E-state index in [1.165, 1.54) is 9.75 Å². The standard InChI is InChI=1S/C12H14S2/c1-3-12(2,10-6-4-8-13-10)11-7-5-9-14-11/h4-9H,3H2,1-2H3. The van der Waals surface area contributed by atoms with Gasteiger partial charge in [-0.05, 0) is 36.2 Å². The summed E-state index contributed by atoms with van der Waals surface area (Å²) < 4.78 is 0. The van der Waals surface area contributed by atoms with Crippen molar-refractivity contribution >= 4 is 22.7 Å². The topological polar surface area (TPSA) is 0 Å². The van der Waals surface area contributed by atoms with Crippen LogP contribution >= 0.6 is 22.7 Å². The molecule has 2 heteroatoms. The van der Waals surface area contributed by atoms with Crippen LogP contribution < -0.4 is 0 Å². The van der Waals surface area contributed by atoms with E-state index in [2.05, 4.69) is 48.9 Å². The van der Waals surface area contributed by atoms with E-state index in [0.29, 0.717) is 0 Å². The van der Waals surface area contributed by atoms with Crippen LogP contribution in [0.15, 0.2) is 35.0 Å². The summed E-state index contributed by atoms with van der Waals surface area (Å²) in [4.78, 5) is 2.95. The molecule has 0 N–H and O–H groups in total. The van der Waals surface area contributed by atoms with Crippen LogP contribution in [0.1, 0.15) is 30.0 Å². The molecule has 0 aliphatic carbocycles. The number of hydrogen-bond acceptors (Lipinski definition) is 2. The quantitative estimate of drug-likeness (QED) is 0.716. The summed E-state index contributed by atoms with van der Waals surface area (Å²) >= 11 is 3.72. The molecular weight excluding hydrogens is 208 g/mol. The summed E-state index contributed by atoms with van der Waals surface area (Å²) in [6.45, 7) is 4.60. The third-order valence-corrected chi connectivity index (χ3v) is 5.10. The Hall–Kier alpha value is -0.600. The smallest absolute Gasteiger partial charge is 0.0359 e. The molecule has 0 atom stereocenters. The maximum Gasteiger partial charge on any atom is 0.0359 e. The Morgan fingerprint density at radius 2 is 1.57 bits per heavy atom. The van der Waals surface area contributed by atoms with Crippen molar-refractivity contribution in [2.24, 2.45) is 0 Å². The van der Waals surface area contributed by atoms with Crippen LogP contribution in [0.3, 0.4) is 0 Å². The van der Waals surface area contributed by atoms with Gasteiger partial charge in [-0.1, -0.05) is 19.1 Å². The lowest BCUT2D eigenvalue weighted by atomic mass is 9.84. The summed E-state index contributed by atoms with van der Waals surface area (Å²) in [5.74, 6) is 0. The first-order valence-corrected chi connectivity index (χ1v) is 6.61. The largest absolute Gasteiger partial charge is 0.148 e. The Bertz CT molecular complexity index is 336. The fourth-order valence-corrected chi connectivity index (χ4v) is 3.67. The average molecular weight is 222 g/mol. The number of thiophene rings is 2. The van der Waals surface area contributed by atoms with E-state index >= 15 is 0 Å². The SMILES string of the molecule is CCC(C)(c1cccs1)c1cccs1. The highest BCUT2D eigenvalue weighted by molar-refractivity contribution is 7.11. The Kier molecular flexibility index (Phi) is 2.75. The molecule has 2 heterocycles. The fraction of sp³-hybridized carbons (Fsp3) is 0.333. The van der Waals surface area contributed by atoms with Crippen LogP contribution in [0.5, 0.6) is 0 Å². The van der Waals surface area contributed by atoms with Crippen molar-refractivity contribution in [2.75, 3.05) is 0 Å². The molecule has 0 saturated heterocycles. The highest BCUT2D eigenvalue weighted by Crippen LogP contribution is 2.39. The lowest BCUT2D eigenvalue weighted by Crippen LogP contribution is -2.19. The van der Waals surface area contributed by atoms with Crippen molar-refractivity contribution in [3.8, 4) is 0 Å². The molecule has 0 bridgehead atoms. The lowest BCUT2D eigenvalue weighted by Gasteiger charge is -2.25. The zero-order valence-electron chi connectivity index (χ0n) is 8.49. The van der Waals surface area contributed by atoms with E-state index < -0.39 is 0 Å². The second-order valence-electron chi connectivity index (χ2n) is 3.64. The van der Waals surface area contributed by atoms with E-state index in [0.717, 1.165) is 6.42 Å². The minimum absolute atomic E-state index is 0.225. The van der Waals surface area contributed by atoms with E-state index in [-0.39, 0.29) is 5.41 Å². The molecule has 0 unspecified atom stereocenters. The molecule has 0 radical (unpaired) electrons. The van der Waals surface area contributed by atoms with E-state index in [4.69, 9.17) is 0 Å². The van der Waals surface area contributed by atoms with Gasteiger partial charge in [-0.2, -0.15) is 0 Å².